The lowest BCUT2D eigenvalue weighted by molar-refractivity contribution is 1.28. The predicted molar refractivity (Wildman–Crippen MR) is 288 cm³/mol. The molecule has 0 spiro atoms. The summed E-state index contributed by atoms with van der Waals surface area (Å²) < 4.78 is 1.30. The van der Waals surface area contributed by atoms with E-state index >= 15 is 0 Å². The van der Waals surface area contributed by atoms with Crippen molar-refractivity contribution in [1.82, 2.24) is 4.98 Å². The van der Waals surface area contributed by atoms with E-state index in [4.69, 9.17) is 4.99 Å². The standard InChI is InChI=1S/C29H27N.C23H23NS.C10H8/c1-5-25(26-12-8-6-9-13-26)17-16-22(2)23(3)20-24(4)29-19-18-28(21-30-29)27-14-10-7-11-15-27;1-6-16(4)24-22(19-13-11-18(12-14-19)15(2)3)23-17(5)20-9-7-8-10-21(20)25-23;1-2-6-10-8-4-3-7-9(10)5-1/h5-21H,2,4H2,1,3H3;6-14H,2H2,1,3-5H3;1-8H/b17-16-,23-20+,25-5+;16-6-,24-22?;. The second-order valence-electron chi connectivity index (χ2n) is 15.8. The summed E-state index contributed by atoms with van der Waals surface area (Å²) in [5, 5.41) is 3.93. The Labute approximate surface area is 391 Å². The Bertz CT molecular complexity index is 2980. The van der Waals surface area contributed by atoms with Crippen LogP contribution in [0.3, 0.4) is 0 Å². The number of hydrogen-bond acceptors (Lipinski definition) is 3. The lowest BCUT2D eigenvalue weighted by Gasteiger charge is -2.09. The van der Waals surface area contributed by atoms with Crippen LogP contribution in [0.25, 0.3) is 48.7 Å². The maximum absolute atomic E-state index is 4.93. The molecule has 0 fully saturated rings. The molecule has 2 heterocycles. The van der Waals surface area contributed by atoms with Gasteiger partial charge in [0.2, 0.25) is 0 Å². The van der Waals surface area contributed by atoms with E-state index in [0.717, 1.165) is 56.1 Å². The summed E-state index contributed by atoms with van der Waals surface area (Å²) in [6.07, 6.45) is 12.2. The Kier molecular flexibility index (Phi) is 16.8. The molecule has 0 atom stereocenters. The molecule has 0 N–H and O–H groups in total. The SMILES string of the molecule is C=C(/C=C\C(=C/C)c1ccccc1)/C(C)=C/C(=C)c1ccc(-c2ccccc2)cn1.C=C(C)c1ccc(C(=N/C(C)=C\C)c2sc3ccccc3c2C)cc1.c1ccc2ccccc2c1. The molecule has 0 bridgehead atoms. The summed E-state index contributed by atoms with van der Waals surface area (Å²) in [5.41, 5.74) is 15.1. The Balaban J connectivity index is 0.000000179. The Hall–Kier alpha value is -7.46. The van der Waals surface area contributed by atoms with Gasteiger partial charge in [-0.05, 0) is 120 Å². The summed E-state index contributed by atoms with van der Waals surface area (Å²) in [5.74, 6) is 0. The first-order valence-corrected chi connectivity index (χ1v) is 22.8. The average Bonchev–Trinajstić information content (AvgIpc) is 3.69. The fourth-order valence-corrected chi connectivity index (χ4v) is 8.28. The highest BCUT2D eigenvalue weighted by Gasteiger charge is 2.16. The number of thiophene rings is 1. The van der Waals surface area contributed by atoms with Gasteiger partial charge in [-0.15, -0.1) is 11.3 Å². The highest BCUT2D eigenvalue weighted by Crippen LogP contribution is 2.33. The zero-order valence-corrected chi connectivity index (χ0v) is 39.4. The smallest absolute Gasteiger partial charge is 0.0880 e. The van der Waals surface area contributed by atoms with E-state index in [1.807, 2.05) is 113 Å². The monoisotopic (exact) mass is 862 g/mol. The van der Waals surface area contributed by atoms with Crippen LogP contribution in [0, 0.1) is 6.92 Å². The van der Waals surface area contributed by atoms with E-state index < -0.39 is 0 Å². The van der Waals surface area contributed by atoms with Gasteiger partial charge in [0.25, 0.3) is 0 Å². The molecule has 0 aliphatic rings. The number of pyridine rings is 1. The van der Waals surface area contributed by atoms with Crippen LogP contribution >= 0.6 is 11.3 Å². The largest absolute Gasteiger partial charge is 0.256 e. The number of rotatable bonds is 11. The second-order valence-corrected chi connectivity index (χ2v) is 16.8. The summed E-state index contributed by atoms with van der Waals surface area (Å²) in [6, 6.07) is 58.5. The van der Waals surface area contributed by atoms with E-state index in [9.17, 15) is 0 Å². The molecule has 65 heavy (non-hydrogen) atoms. The van der Waals surface area contributed by atoms with Gasteiger partial charge < -0.3 is 0 Å². The van der Waals surface area contributed by atoms with Crippen molar-refractivity contribution in [1.29, 1.82) is 0 Å². The molecular formula is C62H58N2S. The lowest BCUT2D eigenvalue weighted by atomic mass is 10.0. The minimum Gasteiger partial charge on any atom is -0.256 e. The third kappa shape index (κ3) is 12.8. The van der Waals surface area contributed by atoms with Gasteiger partial charge in [0.15, 0.2) is 0 Å². The van der Waals surface area contributed by atoms with Crippen LogP contribution < -0.4 is 0 Å². The van der Waals surface area contributed by atoms with Crippen LogP contribution in [0.2, 0.25) is 0 Å². The molecule has 0 aliphatic carbocycles. The van der Waals surface area contributed by atoms with Gasteiger partial charge in [0, 0.05) is 27.7 Å². The fraction of sp³-hybridized carbons (Fsp3) is 0.0968. The van der Waals surface area contributed by atoms with Crippen LogP contribution in [0.15, 0.2) is 248 Å². The molecule has 8 aromatic rings. The van der Waals surface area contributed by atoms with Crippen molar-refractivity contribution >= 4 is 54.6 Å². The van der Waals surface area contributed by atoms with E-state index in [2.05, 4.69) is 171 Å². The molecule has 0 saturated heterocycles. The normalized spacial score (nSPS) is 12.0. The molecule has 0 unspecified atom stereocenters. The molecule has 8 rings (SSSR count). The Morgan fingerprint density at radius 3 is 1.69 bits per heavy atom. The van der Waals surface area contributed by atoms with Crippen molar-refractivity contribution in [2.75, 3.05) is 0 Å². The number of fused-ring (bicyclic) bond motifs is 2. The molecule has 0 saturated carbocycles. The minimum absolute atomic E-state index is 0.865. The topological polar surface area (TPSA) is 25.2 Å². The average molecular weight is 863 g/mol. The minimum atomic E-state index is 0.865. The van der Waals surface area contributed by atoms with E-state index in [-0.39, 0.29) is 0 Å². The van der Waals surface area contributed by atoms with Crippen molar-refractivity contribution in [3.8, 4) is 11.1 Å². The molecule has 2 aromatic heterocycles. The zero-order valence-electron chi connectivity index (χ0n) is 38.6. The number of aromatic nitrogens is 1. The van der Waals surface area contributed by atoms with E-state index in [0.29, 0.717) is 0 Å². The Morgan fingerprint density at radius 2 is 1.14 bits per heavy atom. The molecule has 0 amide bonds. The molecular weight excluding hydrogens is 805 g/mol. The van der Waals surface area contributed by atoms with Gasteiger partial charge in [-0.3, -0.25) is 9.98 Å². The maximum atomic E-state index is 4.93. The molecule has 0 aliphatic heterocycles. The quantitative estimate of drug-likeness (QED) is 0.0939. The van der Waals surface area contributed by atoms with Crippen molar-refractivity contribution in [3.05, 3.63) is 276 Å². The van der Waals surface area contributed by atoms with Crippen LogP contribution in [0.4, 0.5) is 0 Å². The summed E-state index contributed by atoms with van der Waals surface area (Å²) in [7, 11) is 0. The van der Waals surface area contributed by atoms with Gasteiger partial charge in [-0.2, -0.15) is 0 Å². The molecule has 322 valence electrons. The molecule has 0 radical (unpaired) electrons. The highest BCUT2D eigenvalue weighted by atomic mass is 32.1. The van der Waals surface area contributed by atoms with Gasteiger partial charge in [0.05, 0.1) is 16.3 Å². The van der Waals surface area contributed by atoms with Crippen molar-refractivity contribution in [2.24, 2.45) is 4.99 Å². The lowest BCUT2D eigenvalue weighted by Crippen LogP contribution is -2.03. The number of aliphatic imine (C=N–C) groups is 1. The molecule has 2 nitrogen and oxygen atoms in total. The third-order valence-electron chi connectivity index (χ3n) is 11.1. The fourth-order valence-electron chi connectivity index (χ4n) is 7.06. The predicted octanol–water partition coefficient (Wildman–Crippen LogP) is 17.8. The summed E-state index contributed by atoms with van der Waals surface area (Å²) >= 11 is 1.81. The van der Waals surface area contributed by atoms with Crippen LogP contribution in [-0.2, 0) is 0 Å². The third-order valence-corrected chi connectivity index (χ3v) is 12.3. The first-order chi connectivity index (χ1) is 31.6. The zero-order chi connectivity index (χ0) is 46.1. The second kappa shape index (κ2) is 23.3. The van der Waals surface area contributed by atoms with Crippen LogP contribution in [-0.4, -0.2) is 10.7 Å². The van der Waals surface area contributed by atoms with E-state index in [1.165, 1.54) is 48.0 Å². The van der Waals surface area contributed by atoms with Crippen molar-refractivity contribution in [2.45, 2.75) is 41.5 Å². The Morgan fingerprint density at radius 1 is 0.569 bits per heavy atom. The molecule has 3 heteroatoms. The number of aryl methyl sites for hydroxylation is 1. The number of allylic oxidation sites excluding steroid dienone is 11. The number of nitrogens with zero attached hydrogens (tertiary/aromatic N) is 2. The highest BCUT2D eigenvalue weighted by molar-refractivity contribution is 7.21. The first kappa shape index (κ1) is 47.0. The van der Waals surface area contributed by atoms with E-state index in [1.54, 1.807) is 0 Å². The van der Waals surface area contributed by atoms with Crippen LogP contribution in [0.5, 0.6) is 0 Å². The van der Waals surface area contributed by atoms with Crippen molar-refractivity contribution < 1.29 is 0 Å². The van der Waals surface area contributed by atoms with Gasteiger partial charge >= 0.3 is 0 Å². The van der Waals surface area contributed by atoms with Gasteiger partial charge in [-0.1, -0.05) is 207 Å². The maximum Gasteiger partial charge on any atom is 0.0880 e. The molecule has 6 aromatic carbocycles. The van der Waals surface area contributed by atoms with Crippen molar-refractivity contribution in [3.63, 3.8) is 0 Å². The summed E-state index contributed by atoms with van der Waals surface area (Å²) in [6.45, 7) is 24.8. The van der Waals surface area contributed by atoms with Crippen LogP contribution in [0.1, 0.15) is 67.4 Å². The summed E-state index contributed by atoms with van der Waals surface area (Å²) in [4.78, 5) is 10.8. The number of hydrogen-bond donors (Lipinski definition) is 0. The van der Waals surface area contributed by atoms with Gasteiger partial charge in [0.1, 0.15) is 0 Å². The first-order valence-electron chi connectivity index (χ1n) is 21.9. The number of benzene rings is 6. The van der Waals surface area contributed by atoms with Gasteiger partial charge in [-0.25, -0.2) is 0 Å².